The number of carbonyl (C=O) groups is 2. The molecule has 0 spiro atoms. The maximum atomic E-state index is 12.6. The molecular formula is C19H23N3O2S. The fraction of sp³-hybridized carbons (Fsp3) is 0.368. The summed E-state index contributed by atoms with van der Waals surface area (Å²) in [5.41, 5.74) is 6.44. The molecule has 0 unspecified atom stereocenters. The zero-order chi connectivity index (χ0) is 17.6. The molecule has 1 fully saturated rings. The first-order valence-corrected chi connectivity index (χ1v) is 9.41. The Bertz CT molecular complexity index is 695. The van der Waals surface area contributed by atoms with Gasteiger partial charge in [-0.1, -0.05) is 36.4 Å². The third-order valence-electron chi connectivity index (χ3n) is 4.62. The number of nitrogens with two attached hydrogens (primary N) is 1. The van der Waals surface area contributed by atoms with E-state index < -0.39 is 0 Å². The molecule has 132 valence electrons. The standard InChI is InChI=1S/C19H23N3O2S/c20-19(24)15-8-10-22(11-9-15)13-17(23)21-18(16-7-4-12-25-16)14-5-2-1-3-6-14/h1-7,12,15,18H,8-11,13H2,(H2,20,24)(H,21,23)/t18-/m0/s1. The highest BCUT2D eigenvalue weighted by Gasteiger charge is 2.25. The van der Waals surface area contributed by atoms with Crippen LogP contribution in [0.2, 0.25) is 0 Å². The minimum absolute atomic E-state index is 0.000205. The summed E-state index contributed by atoms with van der Waals surface area (Å²) in [4.78, 5) is 27.0. The van der Waals surface area contributed by atoms with Crippen LogP contribution < -0.4 is 11.1 Å². The number of benzene rings is 1. The lowest BCUT2D eigenvalue weighted by atomic mass is 9.96. The summed E-state index contributed by atoms with van der Waals surface area (Å²) in [6.45, 7) is 1.81. The van der Waals surface area contributed by atoms with Gasteiger partial charge in [0.25, 0.3) is 0 Å². The van der Waals surface area contributed by atoms with Gasteiger partial charge >= 0.3 is 0 Å². The van der Waals surface area contributed by atoms with Crippen LogP contribution in [0.1, 0.15) is 29.3 Å². The molecule has 1 saturated heterocycles. The highest BCUT2D eigenvalue weighted by atomic mass is 32.1. The van der Waals surface area contributed by atoms with Crippen molar-refractivity contribution in [3.05, 3.63) is 58.3 Å². The average Bonchev–Trinajstić information content (AvgIpc) is 3.15. The molecule has 1 aliphatic rings. The summed E-state index contributed by atoms with van der Waals surface area (Å²) in [5.74, 6) is -0.284. The number of carbonyl (C=O) groups excluding carboxylic acids is 2. The van der Waals surface area contributed by atoms with Crippen molar-refractivity contribution in [2.24, 2.45) is 11.7 Å². The molecule has 1 atom stereocenters. The van der Waals surface area contributed by atoms with E-state index in [-0.39, 0.29) is 23.8 Å². The molecule has 2 heterocycles. The van der Waals surface area contributed by atoms with Gasteiger partial charge in [0.1, 0.15) is 0 Å². The molecule has 2 aromatic rings. The van der Waals surface area contributed by atoms with Crippen molar-refractivity contribution in [3.8, 4) is 0 Å². The molecule has 3 N–H and O–H groups in total. The number of hydrogen-bond acceptors (Lipinski definition) is 4. The van der Waals surface area contributed by atoms with E-state index >= 15 is 0 Å². The van der Waals surface area contributed by atoms with Gasteiger partial charge in [-0.3, -0.25) is 14.5 Å². The van der Waals surface area contributed by atoms with Gasteiger partial charge in [0, 0.05) is 10.8 Å². The van der Waals surface area contributed by atoms with E-state index in [4.69, 9.17) is 5.73 Å². The van der Waals surface area contributed by atoms with Gasteiger partial charge in [-0.15, -0.1) is 11.3 Å². The Labute approximate surface area is 151 Å². The van der Waals surface area contributed by atoms with Crippen molar-refractivity contribution >= 4 is 23.2 Å². The maximum Gasteiger partial charge on any atom is 0.234 e. The van der Waals surface area contributed by atoms with E-state index in [1.54, 1.807) is 11.3 Å². The number of piperidine rings is 1. The Morgan fingerprint density at radius 1 is 1.16 bits per heavy atom. The number of hydrogen-bond donors (Lipinski definition) is 2. The maximum absolute atomic E-state index is 12.6. The minimum Gasteiger partial charge on any atom is -0.369 e. The number of rotatable bonds is 6. The number of nitrogens with one attached hydrogen (secondary N) is 1. The fourth-order valence-electron chi connectivity index (χ4n) is 3.21. The summed E-state index contributed by atoms with van der Waals surface area (Å²) in [6, 6.07) is 13.9. The zero-order valence-corrected chi connectivity index (χ0v) is 14.9. The van der Waals surface area contributed by atoms with E-state index in [2.05, 4.69) is 10.2 Å². The molecule has 5 nitrogen and oxygen atoms in total. The number of primary amides is 1. The number of nitrogens with zero attached hydrogens (tertiary/aromatic N) is 1. The predicted octanol–water partition coefficient (Wildman–Crippen LogP) is 2.15. The lowest BCUT2D eigenvalue weighted by Crippen LogP contribution is -2.44. The Kier molecular flexibility index (Phi) is 5.83. The first-order valence-electron chi connectivity index (χ1n) is 8.53. The monoisotopic (exact) mass is 357 g/mol. The number of amides is 2. The van der Waals surface area contributed by atoms with Crippen molar-refractivity contribution in [1.29, 1.82) is 0 Å². The smallest absolute Gasteiger partial charge is 0.234 e. The Morgan fingerprint density at radius 3 is 2.48 bits per heavy atom. The summed E-state index contributed by atoms with van der Waals surface area (Å²) in [7, 11) is 0. The van der Waals surface area contributed by atoms with Crippen LogP contribution in [0.3, 0.4) is 0 Å². The SMILES string of the molecule is NC(=O)C1CCN(CC(=O)N[C@@H](c2ccccc2)c2cccs2)CC1. The van der Waals surface area contributed by atoms with Crippen LogP contribution in [0.5, 0.6) is 0 Å². The Hall–Kier alpha value is -2.18. The first-order chi connectivity index (χ1) is 12.1. The van der Waals surface area contributed by atoms with Crippen molar-refractivity contribution in [3.63, 3.8) is 0 Å². The predicted molar refractivity (Wildman–Crippen MR) is 99.1 cm³/mol. The van der Waals surface area contributed by atoms with Crippen molar-refractivity contribution < 1.29 is 9.59 Å². The lowest BCUT2D eigenvalue weighted by Gasteiger charge is -2.30. The van der Waals surface area contributed by atoms with Crippen LogP contribution in [-0.4, -0.2) is 36.3 Å². The number of thiophene rings is 1. The molecule has 1 aromatic carbocycles. The minimum atomic E-state index is -0.231. The molecular weight excluding hydrogens is 334 g/mol. The second-order valence-corrected chi connectivity index (χ2v) is 7.36. The summed E-state index contributed by atoms with van der Waals surface area (Å²) in [6.07, 6.45) is 1.46. The molecule has 1 aromatic heterocycles. The van der Waals surface area contributed by atoms with Gasteiger partial charge in [-0.05, 0) is 42.9 Å². The van der Waals surface area contributed by atoms with Gasteiger partial charge in [-0.2, -0.15) is 0 Å². The topological polar surface area (TPSA) is 75.4 Å². The van der Waals surface area contributed by atoms with Crippen molar-refractivity contribution in [1.82, 2.24) is 10.2 Å². The second-order valence-electron chi connectivity index (χ2n) is 6.38. The van der Waals surface area contributed by atoms with Crippen molar-refractivity contribution in [2.45, 2.75) is 18.9 Å². The van der Waals surface area contributed by atoms with Crippen LogP contribution in [0.4, 0.5) is 0 Å². The molecule has 0 aliphatic carbocycles. The second kappa shape index (κ2) is 8.27. The molecule has 0 bridgehead atoms. The van der Waals surface area contributed by atoms with E-state index in [1.165, 1.54) is 0 Å². The molecule has 1 aliphatic heterocycles. The molecule has 0 radical (unpaired) electrons. The van der Waals surface area contributed by atoms with E-state index in [9.17, 15) is 9.59 Å². The Balaban J connectivity index is 1.61. The van der Waals surface area contributed by atoms with Gasteiger partial charge in [0.05, 0.1) is 12.6 Å². The van der Waals surface area contributed by atoms with Crippen LogP contribution >= 0.6 is 11.3 Å². The summed E-state index contributed by atoms with van der Waals surface area (Å²) < 4.78 is 0. The highest BCUT2D eigenvalue weighted by molar-refractivity contribution is 7.10. The molecule has 25 heavy (non-hydrogen) atoms. The molecule has 6 heteroatoms. The largest absolute Gasteiger partial charge is 0.369 e. The van der Waals surface area contributed by atoms with E-state index in [0.29, 0.717) is 6.54 Å². The summed E-state index contributed by atoms with van der Waals surface area (Å²) >= 11 is 1.64. The highest BCUT2D eigenvalue weighted by Crippen LogP contribution is 2.26. The van der Waals surface area contributed by atoms with E-state index in [1.807, 2.05) is 47.8 Å². The quantitative estimate of drug-likeness (QED) is 0.832. The van der Waals surface area contributed by atoms with Gasteiger partial charge < -0.3 is 11.1 Å². The van der Waals surface area contributed by atoms with Gasteiger partial charge in [-0.25, -0.2) is 0 Å². The third-order valence-corrected chi connectivity index (χ3v) is 5.56. The van der Waals surface area contributed by atoms with Crippen LogP contribution in [0.25, 0.3) is 0 Å². The molecule has 0 saturated carbocycles. The normalized spacial score (nSPS) is 17.1. The first kappa shape index (κ1) is 17.6. The third kappa shape index (κ3) is 4.67. The summed E-state index contributed by atoms with van der Waals surface area (Å²) in [5, 5.41) is 5.18. The molecule has 3 rings (SSSR count). The van der Waals surface area contributed by atoms with Crippen molar-refractivity contribution in [2.75, 3.05) is 19.6 Å². The lowest BCUT2D eigenvalue weighted by molar-refractivity contribution is -0.124. The average molecular weight is 357 g/mol. The Morgan fingerprint density at radius 2 is 1.88 bits per heavy atom. The van der Waals surface area contributed by atoms with Crippen LogP contribution in [0, 0.1) is 5.92 Å². The zero-order valence-electron chi connectivity index (χ0n) is 14.1. The fourth-order valence-corrected chi connectivity index (χ4v) is 4.01. The van der Waals surface area contributed by atoms with Crippen LogP contribution in [0.15, 0.2) is 47.8 Å². The molecule has 2 amide bonds. The van der Waals surface area contributed by atoms with Gasteiger partial charge in [0.2, 0.25) is 11.8 Å². The van der Waals surface area contributed by atoms with Crippen LogP contribution in [-0.2, 0) is 9.59 Å². The number of likely N-dealkylation sites (tertiary alicyclic amines) is 1. The van der Waals surface area contributed by atoms with E-state index in [0.717, 1.165) is 36.4 Å². The van der Waals surface area contributed by atoms with Gasteiger partial charge in [0.15, 0.2) is 0 Å².